The molecular weight excluding hydrogens is 226 g/mol. The Balaban J connectivity index is 2.24. The predicted molar refractivity (Wildman–Crippen MR) is 73.3 cm³/mol. The van der Waals surface area contributed by atoms with Crippen molar-refractivity contribution < 1.29 is 9.94 Å². The molecule has 18 heavy (non-hydrogen) atoms. The molecule has 0 amide bonds. The highest BCUT2D eigenvalue weighted by Gasteiger charge is 2.12. The first kappa shape index (κ1) is 12.9. The number of nitrogens with one attached hydrogen (secondary N) is 1. The molecule has 0 saturated carbocycles. The van der Waals surface area contributed by atoms with Gasteiger partial charge in [0.25, 0.3) is 0 Å². The van der Waals surface area contributed by atoms with Crippen molar-refractivity contribution in [3.63, 3.8) is 0 Å². The molecule has 0 aliphatic rings. The van der Waals surface area contributed by atoms with Crippen molar-refractivity contribution >= 4 is 10.8 Å². The first-order chi connectivity index (χ1) is 8.47. The molecule has 2 N–H and O–H groups in total. The Kier molecular flexibility index (Phi) is 3.55. The molecule has 0 aromatic heterocycles. The molecular formula is C15H19NO2. The van der Waals surface area contributed by atoms with Gasteiger partial charge in [0.15, 0.2) is 0 Å². The van der Waals surface area contributed by atoms with Gasteiger partial charge < -0.3 is 5.11 Å². The molecule has 0 fully saturated rings. The van der Waals surface area contributed by atoms with Crippen LogP contribution in [0.5, 0.6) is 5.75 Å². The van der Waals surface area contributed by atoms with Gasteiger partial charge in [0, 0.05) is 5.56 Å². The summed E-state index contributed by atoms with van der Waals surface area (Å²) in [5.41, 5.74) is 3.52. The third-order valence-electron chi connectivity index (χ3n) is 2.64. The lowest BCUT2D eigenvalue weighted by Crippen LogP contribution is -2.28. The van der Waals surface area contributed by atoms with E-state index >= 15 is 0 Å². The van der Waals surface area contributed by atoms with Crippen LogP contribution in [0.3, 0.4) is 0 Å². The van der Waals surface area contributed by atoms with E-state index in [0.29, 0.717) is 12.3 Å². The maximum atomic E-state index is 9.94. The van der Waals surface area contributed by atoms with Crippen molar-refractivity contribution in [2.75, 3.05) is 0 Å². The average Bonchev–Trinajstić information content (AvgIpc) is 2.31. The Morgan fingerprint density at radius 1 is 1.11 bits per heavy atom. The molecule has 2 aromatic carbocycles. The van der Waals surface area contributed by atoms with Gasteiger partial charge in [0.05, 0.1) is 12.1 Å². The highest BCUT2D eigenvalue weighted by atomic mass is 16.7. The molecule has 3 nitrogen and oxygen atoms in total. The van der Waals surface area contributed by atoms with Crippen LogP contribution in [-0.2, 0) is 11.4 Å². The van der Waals surface area contributed by atoms with Crippen LogP contribution in [0.1, 0.15) is 26.3 Å². The topological polar surface area (TPSA) is 41.5 Å². The van der Waals surface area contributed by atoms with E-state index in [1.54, 1.807) is 6.07 Å². The second-order valence-electron chi connectivity index (χ2n) is 5.32. The van der Waals surface area contributed by atoms with Crippen LogP contribution in [0.25, 0.3) is 10.8 Å². The molecule has 0 spiro atoms. The van der Waals surface area contributed by atoms with Crippen LogP contribution in [0.15, 0.2) is 36.4 Å². The molecule has 2 aromatic rings. The number of hydrogen-bond donors (Lipinski definition) is 2. The quantitative estimate of drug-likeness (QED) is 0.815. The number of fused-ring (bicyclic) bond motifs is 1. The van der Waals surface area contributed by atoms with Crippen molar-refractivity contribution in [3.8, 4) is 5.75 Å². The van der Waals surface area contributed by atoms with E-state index in [1.807, 2.05) is 51.1 Å². The Bertz CT molecular complexity index is 544. The number of phenolic OH excluding ortho intramolecular Hbond substituents is 1. The van der Waals surface area contributed by atoms with Crippen molar-refractivity contribution in [1.82, 2.24) is 5.48 Å². The molecule has 0 aliphatic heterocycles. The van der Waals surface area contributed by atoms with Gasteiger partial charge >= 0.3 is 0 Å². The lowest BCUT2D eigenvalue weighted by atomic mass is 10.0. The molecule has 0 unspecified atom stereocenters. The maximum Gasteiger partial charge on any atom is 0.120 e. The van der Waals surface area contributed by atoms with Crippen LogP contribution in [0.2, 0.25) is 0 Å². The number of phenols is 1. The Hall–Kier alpha value is -1.58. The molecule has 3 heteroatoms. The monoisotopic (exact) mass is 245 g/mol. The van der Waals surface area contributed by atoms with Gasteiger partial charge in [-0.05, 0) is 37.6 Å². The Morgan fingerprint density at radius 2 is 1.83 bits per heavy atom. The van der Waals surface area contributed by atoms with Gasteiger partial charge in [-0.3, -0.25) is 4.84 Å². The molecule has 2 rings (SSSR count). The van der Waals surface area contributed by atoms with Gasteiger partial charge in [-0.2, -0.15) is 5.48 Å². The minimum absolute atomic E-state index is 0.250. The Morgan fingerprint density at radius 3 is 2.56 bits per heavy atom. The lowest BCUT2D eigenvalue weighted by molar-refractivity contribution is -0.0758. The SMILES string of the molecule is CC(C)(C)ONCc1c(O)ccc2ccccc12. The average molecular weight is 245 g/mol. The van der Waals surface area contributed by atoms with Crippen LogP contribution >= 0.6 is 0 Å². The molecule has 0 aliphatic carbocycles. The van der Waals surface area contributed by atoms with Gasteiger partial charge in [-0.25, -0.2) is 0 Å². The Labute approximate surface area is 107 Å². The largest absolute Gasteiger partial charge is 0.508 e. The summed E-state index contributed by atoms with van der Waals surface area (Å²) in [5.74, 6) is 0.290. The van der Waals surface area contributed by atoms with Crippen molar-refractivity contribution in [1.29, 1.82) is 0 Å². The van der Waals surface area contributed by atoms with E-state index in [-0.39, 0.29) is 5.60 Å². The van der Waals surface area contributed by atoms with Crippen molar-refractivity contribution in [2.45, 2.75) is 32.9 Å². The summed E-state index contributed by atoms with van der Waals surface area (Å²) in [6, 6.07) is 11.6. The number of benzene rings is 2. The zero-order chi connectivity index (χ0) is 13.2. The number of hydrogen-bond acceptors (Lipinski definition) is 3. The fraction of sp³-hybridized carbons (Fsp3) is 0.333. The number of aromatic hydroxyl groups is 1. The summed E-state index contributed by atoms with van der Waals surface area (Å²) in [7, 11) is 0. The van der Waals surface area contributed by atoms with Crippen LogP contribution < -0.4 is 5.48 Å². The first-order valence-corrected chi connectivity index (χ1v) is 6.08. The third kappa shape index (κ3) is 3.00. The van der Waals surface area contributed by atoms with Crippen LogP contribution in [0, 0.1) is 0 Å². The number of rotatable bonds is 3. The number of hydroxylamine groups is 1. The molecule has 0 radical (unpaired) electrons. The molecule has 0 bridgehead atoms. The van der Waals surface area contributed by atoms with Crippen molar-refractivity contribution in [2.24, 2.45) is 0 Å². The summed E-state index contributed by atoms with van der Waals surface area (Å²) in [5, 5.41) is 12.1. The van der Waals surface area contributed by atoms with E-state index in [2.05, 4.69) is 5.48 Å². The zero-order valence-electron chi connectivity index (χ0n) is 11.0. The summed E-state index contributed by atoms with van der Waals surface area (Å²) in [6.45, 7) is 6.40. The maximum absolute atomic E-state index is 9.94. The third-order valence-corrected chi connectivity index (χ3v) is 2.64. The fourth-order valence-corrected chi connectivity index (χ4v) is 1.83. The molecule has 0 heterocycles. The second-order valence-corrected chi connectivity index (χ2v) is 5.32. The van der Waals surface area contributed by atoms with E-state index in [1.165, 1.54) is 0 Å². The minimum Gasteiger partial charge on any atom is -0.508 e. The summed E-state index contributed by atoms with van der Waals surface area (Å²) in [6.07, 6.45) is 0. The van der Waals surface area contributed by atoms with E-state index in [0.717, 1.165) is 16.3 Å². The summed E-state index contributed by atoms with van der Waals surface area (Å²) >= 11 is 0. The fourth-order valence-electron chi connectivity index (χ4n) is 1.83. The van der Waals surface area contributed by atoms with Gasteiger partial charge in [-0.1, -0.05) is 30.3 Å². The van der Waals surface area contributed by atoms with Crippen molar-refractivity contribution in [3.05, 3.63) is 42.0 Å². The van der Waals surface area contributed by atoms with Crippen LogP contribution in [-0.4, -0.2) is 10.7 Å². The highest BCUT2D eigenvalue weighted by molar-refractivity contribution is 5.87. The highest BCUT2D eigenvalue weighted by Crippen LogP contribution is 2.26. The lowest BCUT2D eigenvalue weighted by Gasteiger charge is -2.20. The standard InChI is InChI=1S/C15H19NO2/c1-15(2,3)18-16-10-13-12-7-5-4-6-11(12)8-9-14(13)17/h4-9,16-17H,10H2,1-3H3. The van der Waals surface area contributed by atoms with E-state index in [9.17, 15) is 5.11 Å². The van der Waals surface area contributed by atoms with Gasteiger partial charge in [0.1, 0.15) is 5.75 Å². The first-order valence-electron chi connectivity index (χ1n) is 6.08. The van der Waals surface area contributed by atoms with E-state index in [4.69, 9.17) is 4.84 Å². The molecule has 0 saturated heterocycles. The predicted octanol–water partition coefficient (Wildman–Crippen LogP) is 3.37. The molecule has 0 atom stereocenters. The van der Waals surface area contributed by atoms with Gasteiger partial charge in [0.2, 0.25) is 0 Å². The second kappa shape index (κ2) is 4.96. The normalized spacial score (nSPS) is 11.9. The van der Waals surface area contributed by atoms with Crippen LogP contribution in [0.4, 0.5) is 0 Å². The smallest absolute Gasteiger partial charge is 0.120 e. The summed E-state index contributed by atoms with van der Waals surface area (Å²) in [4.78, 5) is 5.48. The zero-order valence-corrected chi connectivity index (χ0v) is 11.0. The molecule has 96 valence electrons. The summed E-state index contributed by atoms with van der Waals surface area (Å²) < 4.78 is 0. The minimum atomic E-state index is -0.250. The van der Waals surface area contributed by atoms with Gasteiger partial charge in [-0.15, -0.1) is 0 Å². The van der Waals surface area contributed by atoms with E-state index < -0.39 is 0 Å².